The molecule has 0 saturated carbocycles. The molecule has 3 nitrogen and oxygen atoms in total. The summed E-state index contributed by atoms with van der Waals surface area (Å²) in [6, 6.07) is 3.38. The topological polar surface area (TPSA) is 46.2 Å². The van der Waals surface area contributed by atoms with Gasteiger partial charge in [-0.15, -0.1) is 0 Å². The van der Waals surface area contributed by atoms with Crippen molar-refractivity contribution in [3.8, 4) is 0 Å². The third-order valence-corrected chi connectivity index (χ3v) is 5.13. The zero-order chi connectivity index (χ0) is 13.4. The highest BCUT2D eigenvalue weighted by Crippen LogP contribution is 2.23. The lowest BCUT2D eigenvalue weighted by Gasteiger charge is -2.24. The molecule has 1 aromatic rings. The molecule has 0 radical (unpaired) electrons. The number of hydrogen-bond donors (Lipinski definition) is 1. The summed E-state index contributed by atoms with van der Waals surface area (Å²) < 4.78 is 48.9. The average Bonchev–Trinajstić information content (AvgIpc) is 2.52. The van der Waals surface area contributed by atoms with Crippen molar-refractivity contribution in [2.24, 2.45) is 0 Å². The van der Waals surface area contributed by atoms with E-state index in [2.05, 4.69) is 5.32 Å². The summed E-state index contributed by atoms with van der Waals surface area (Å²) in [5, 5.41) is 3.05. The lowest BCUT2D eigenvalue weighted by molar-refractivity contribution is 0.391. The number of sulfone groups is 1. The van der Waals surface area contributed by atoms with Crippen LogP contribution in [0.1, 0.15) is 18.9 Å². The number of nitrogens with one attached hydrogen (secondary N) is 1. The number of halogens is 2. The predicted octanol–water partition coefficient (Wildman–Crippen LogP) is 1.63. The van der Waals surface area contributed by atoms with Gasteiger partial charge in [-0.05, 0) is 19.4 Å². The van der Waals surface area contributed by atoms with Gasteiger partial charge in [0.05, 0.1) is 11.5 Å². The van der Waals surface area contributed by atoms with Gasteiger partial charge in [-0.3, -0.25) is 0 Å². The number of benzene rings is 1. The molecule has 1 aliphatic heterocycles. The summed E-state index contributed by atoms with van der Waals surface area (Å²) in [4.78, 5) is 0. The van der Waals surface area contributed by atoms with E-state index in [1.54, 1.807) is 6.92 Å². The molecule has 1 heterocycles. The van der Waals surface area contributed by atoms with Gasteiger partial charge in [-0.2, -0.15) is 0 Å². The number of hydrogen-bond acceptors (Lipinski definition) is 3. The fraction of sp³-hybridized carbons (Fsp3) is 0.500. The van der Waals surface area contributed by atoms with E-state index in [-0.39, 0.29) is 18.1 Å². The molecule has 0 bridgehead atoms. The van der Waals surface area contributed by atoms with Crippen LogP contribution in [-0.2, 0) is 16.4 Å². The first kappa shape index (κ1) is 13.4. The minimum absolute atomic E-state index is 0.0583. The molecule has 1 saturated heterocycles. The third-order valence-electron chi connectivity index (χ3n) is 3.22. The first-order chi connectivity index (χ1) is 8.30. The van der Waals surface area contributed by atoms with Gasteiger partial charge in [0.15, 0.2) is 9.84 Å². The minimum atomic E-state index is -2.99. The highest BCUT2D eigenvalue weighted by Gasteiger charge is 2.37. The van der Waals surface area contributed by atoms with E-state index in [0.29, 0.717) is 12.0 Å². The summed E-state index contributed by atoms with van der Waals surface area (Å²) in [6.07, 6.45) is 0.512. The maximum Gasteiger partial charge on any atom is 0.152 e. The molecule has 100 valence electrons. The van der Waals surface area contributed by atoms with E-state index >= 15 is 0 Å². The van der Waals surface area contributed by atoms with E-state index in [1.165, 1.54) is 12.1 Å². The fourth-order valence-electron chi connectivity index (χ4n) is 2.12. The molecule has 0 aromatic heterocycles. The van der Waals surface area contributed by atoms with E-state index < -0.39 is 27.0 Å². The van der Waals surface area contributed by atoms with Crippen LogP contribution in [0.2, 0.25) is 0 Å². The molecule has 1 aromatic carbocycles. The Morgan fingerprint density at radius 2 is 2.11 bits per heavy atom. The quantitative estimate of drug-likeness (QED) is 0.912. The van der Waals surface area contributed by atoms with Crippen LogP contribution in [0.4, 0.5) is 8.78 Å². The molecule has 1 aliphatic rings. The van der Waals surface area contributed by atoms with Crippen molar-refractivity contribution in [1.82, 2.24) is 5.32 Å². The Labute approximate surface area is 105 Å². The number of rotatable bonds is 3. The van der Waals surface area contributed by atoms with Crippen molar-refractivity contribution in [3.05, 3.63) is 35.4 Å². The normalized spacial score (nSPS) is 26.4. The molecule has 0 aliphatic carbocycles. The molecule has 1 atom stereocenters. The van der Waals surface area contributed by atoms with E-state index in [0.717, 1.165) is 6.07 Å². The molecule has 2 rings (SSSR count). The Morgan fingerprint density at radius 1 is 1.39 bits per heavy atom. The van der Waals surface area contributed by atoms with Crippen LogP contribution in [0.25, 0.3) is 0 Å². The molecule has 1 N–H and O–H groups in total. The van der Waals surface area contributed by atoms with Crippen LogP contribution in [0.5, 0.6) is 0 Å². The third kappa shape index (κ3) is 3.05. The molecule has 1 fully saturated rings. The Hall–Kier alpha value is -1.01. The molecular formula is C12H15F2NO2S. The molecule has 1 unspecified atom stereocenters. The van der Waals surface area contributed by atoms with Crippen LogP contribution in [0, 0.1) is 11.6 Å². The van der Waals surface area contributed by atoms with Gasteiger partial charge >= 0.3 is 0 Å². The molecule has 0 amide bonds. The summed E-state index contributed by atoms with van der Waals surface area (Å²) in [5.74, 6) is -1.02. The first-order valence-corrected chi connectivity index (χ1v) is 7.51. The van der Waals surface area contributed by atoms with Gasteiger partial charge in [-0.25, -0.2) is 17.2 Å². The first-order valence-electron chi connectivity index (χ1n) is 5.69. The van der Waals surface area contributed by atoms with Gasteiger partial charge in [0, 0.05) is 23.7 Å². The zero-order valence-electron chi connectivity index (χ0n) is 10.0. The fourth-order valence-corrected chi connectivity index (χ4v) is 4.25. The Balaban J connectivity index is 2.04. The highest BCUT2D eigenvalue weighted by molar-refractivity contribution is 7.91. The van der Waals surface area contributed by atoms with Gasteiger partial charge < -0.3 is 5.32 Å². The van der Waals surface area contributed by atoms with Crippen molar-refractivity contribution in [2.75, 3.05) is 11.5 Å². The SMILES string of the molecule is CC1(NCc2ccc(F)cc2F)CCS(=O)(=O)C1. The van der Waals surface area contributed by atoms with Gasteiger partial charge in [0.2, 0.25) is 0 Å². The van der Waals surface area contributed by atoms with Crippen molar-refractivity contribution >= 4 is 9.84 Å². The zero-order valence-corrected chi connectivity index (χ0v) is 10.9. The lowest BCUT2D eigenvalue weighted by atomic mass is 10.0. The largest absolute Gasteiger partial charge is 0.306 e. The van der Waals surface area contributed by atoms with Crippen LogP contribution in [0.3, 0.4) is 0 Å². The van der Waals surface area contributed by atoms with Crippen molar-refractivity contribution in [3.63, 3.8) is 0 Å². The highest BCUT2D eigenvalue weighted by atomic mass is 32.2. The smallest absolute Gasteiger partial charge is 0.152 e. The van der Waals surface area contributed by atoms with E-state index in [1.807, 2.05) is 0 Å². The Bertz CT molecular complexity index is 559. The summed E-state index contributed by atoms with van der Waals surface area (Å²) in [6.45, 7) is 2.00. The Kier molecular flexibility index (Phi) is 3.42. The van der Waals surface area contributed by atoms with Gasteiger partial charge in [0.25, 0.3) is 0 Å². The Morgan fingerprint density at radius 3 is 2.67 bits per heavy atom. The maximum atomic E-state index is 13.4. The average molecular weight is 275 g/mol. The molecule has 18 heavy (non-hydrogen) atoms. The molecule has 6 heteroatoms. The molecular weight excluding hydrogens is 260 g/mol. The van der Waals surface area contributed by atoms with Crippen LogP contribution < -0.4 is 5.32 Å². The summed E-state index contributed by atoms with van der Waals surface area (Å²) in [5.41, 5.74) is -0.193. The second-order valence-corrected chi connectivity index (χ2v) is 7.18. The summed E-state index contributed by atoms with van der Waals surface area (Å²) in [7, 11) is -2.99. The second kappa shape index (κ2) is 4.59. The predicted molar refractivity (Wildman–Crippen MR) is 64.9 cm³/mol. The van der Waals surface area contributed by atoms with Crippen LogP contribution >= 0.6 is 0 Å². The van der Waals surface area contributed by atoms with Crippen LogP contribution in [-0.4, -0.2) is 25.5 Å². The second-order valence-electron chi connectivity index (χ2n) is 4.99. The lowest BCUT2D eigenvalue weighted by Crippen LogP contribution is -2.43. The van der Waals surface area contributed by atoms with Crippen molar-refractivity contribution < 1.29 is 17.2 Å². The minimum Gasteiger partial charge on any atom is -0.306 e. The monoisotopic (exact) mass is 275 g/mol. The van der Waals surface area contributed by atoms with Gasteiger partial charge in [0.1, 0.15) is 11.6 Å². The summed E-state index contributed by atoms with van der Waals surface area (Å²) >= 11 is 0. The van der Waals surface area contributed by atoms with Gasteiger partial charge in [-0.1, -0.05) is 6.07 Å². The van der Waals surface area contributed by atoms with Crippen LogP contribution in [0.15, 0.2) is 18.2 Å². The molecule has 0 spiro atoms. The van der Waals surface area contributed by atoms with Crippen molar-refractivity contribution in [2.45, 2.75) is 25.4 Å². The van der Waals surface area contributed by atoms with E-state index in [4.69, 9.17) is 0 Å². The van der Waals surface area contributed by atoms with E-state index in [9.17, 15) is 17.2 Å². The van der Waals surface area contributed by atoms with Crippen molar-refractivity contribution in [1.29, 1.82) is 0 Å². The standard InChI is InChI=1S/C12H15F2NO2S/c1-12(4-5-18(16,17)8-12)15-7-9-2-3-10(13)6-11(9)14/h2-3,6,15H,4-5,7-8H2,1H3. The maximum absolute atomic E-state index is 13.4.